The van der Waals surface area contributed by atoms with Gasteiger partial charge in [0.05, 0.1) is 17.4 Å². The number of rotatable bonds is 7. The van der Waals surface area contributed by atoms with E-state index in [9.17, 15) is 19.2 Å². The van der Waals surface area contributed by atoms with E-state index in [2.05, 4.69) is 10.6 Å². The molecule has 1 aliphatic heterocycles. The van der Waals surface area contributed by atoms with E-state index >= 15 is 0 Å². The van der Waals surface area contributed by atoms with Gasteiger partial charge in [-0.1, -0.05) is 41.9 Å². The molecule has 0 spiro atoms. The summed E-state index contributed by atoms with van der Waals surface area (Å²) >= 11 is 6.25. The molecular formula is C28H24ClN3O5. The number of imide groups is 1. The van der Waals surface area contributed by atoms with Crippen LogP contribution in [0.3, 0.4) is 0 Å². The van der Waals surface area contributed by atoms with Gasteiger partial charge in [0.1, 0.15) is 10.7 Å². The number of hydrogen-bond acceptors (Lipinski definition) is 6. The molecule has 0 radical (unpaired) electrons. The third-order valence-corrected chi connectivity index (χ3v) is 5.85. The molecule has 3 aromatic rings. The van der Waals surface area contributed by atoms with Crippen LogP contribution in [0.4, 0.5) is 17.1 Å². The predicted molar refractivity (Wildman–Crippen MR) is 142 cm³/mol. The molecule has 1 heterocycles. The van der Waals surface area contributed by atoms with Crippen LogP contribution >= 0.6 is 11.6 Å². The number of aryl methyl sites for hydroxylation is 1. The van der Waals surface area contributed by atoms with Crippen molar-refractivity contribution in [1.82, 2.24) is 0 Å². The van der Waals surface area contributed by atoms with Crippen LogP contribution in [0, 0.1) is 6.92 Å². The second-order valence-corrected chi connectivity index (χ2v) is 8.99. The van der Waals surface area contributed by atoms with Gasteiger partial charge in [0.15, 0.2) is 0 Å². The van der Waals surface area contributed by atoms with Crippen LogP contribution in [0.1, 0.15) is 40.1 Å². The lowest BCUT2D eigenvalue weighted by Crippen LogP contribution is -2.32. The second kappa shape index (κ2) is 10.7. The molecule has 3 amide bonds. The highest BCUT2D eigenvalue weighted by molar-refractivity contribution is 6.53. The lowest BCUT2D eigenvalue weighted by atomic mass is 10.1. The molecule has 8 nitrogen and oxygen atoms in total. The highest BCUT2D eigenvalue weighted by atomic mass is 35.5. The molecule has 3 aromatic carbocycles. The summed E-state index contributed by atoms with van der Waals surface area (Å²) < 4.78 is 5.19. The minimum Gasteiger partial charge on any atom is -0.459 e. The van der Waals surface area contributed by atoms with Crippen molar-refractivity contribution in [1.29, 1.82) is 0 Å². The molecule has 0 saturated carbocycles. The van der Waals surface area contributed by atoms with Crippen LogP contribution < -0.4 is 15.5 Å². The number of anilines is 3. The molecule has 1 aliphatic rings. The first-order valence-electron chi connectivity index (χ1n) is 11.5. The third kappa shape index (κ3) is 5.54. The van der Waals surface area contributed by atoms with E-state index in [1.165, 1.54) is 18.2 Å². The first-order chi connectivity index (χ1) is 17.7. The Hall–Kier alpha value is -4.43. The van der Waals surface area contributed by atoms with Gasteiger partial charge in [0, 0.05) is 16.9 Å². The number of nitrogens with zero attached hydrogens (tertiary/aromatic N) is 1. The van der Waals surface area contributed by atoms with Gasteiger partial charge >= 0.3 is 5.97 Å². The molecule has 0 atom stereocenters. The van der Waals surface area contributed by atoms with E-state index in [-0.39, 0.29) is 34.0 Å². The quantitative estimate of drug-likeness (QED) is 0.328. The maximum Gasteiger partial charge on any atom is 0.338 e. The number of ether oxygens (including phenoxy) is 1. The van der Waals surface area contributed by atoms with Crippen LogP contribution in [0.15, 0.2) is 83.5 Å². The van der Waals surface area contributed by atoms with E-state index in [1.54, 1.807) is 50.2 Å². The van der Waals surface area contributed by atoms with Gasteiger partial charge < -0.3 is 15.4 Å². The largest absolute Gasteiger partial charge is 0.459 e. The van der Waals surface area contributed by atoms with E-state index < -0.39 is 17.8 Å². The summed E-state index contributed by atoms with van der Waals surface area (Å²) in [5, 5.41) is 5.41. The van der Waals surface area contributed by atoms with Gasteiger partial charge in [0.2, 0.25) is 0 Å². The van der Waals surface area contributed by atoms with E-state index in [0.717, 1.165) is 10.5 Å². The molecule has 0 aromatic heterocycles. The Morgan fingerprint density at radius 3 is 2.32 bits per heavy atom. The number of carbonyl (C=O) groups is 4. The fourth-order valence-electron chi connectivity index (χ4n) is 3.69. The van der Waals surface area contributed by atoms with Crippen molar-refractivity contribution in [3.63, 3.8) is 0 Å². The zero-order chi connectivity index (χ0) is 26.7. The Labute approximate surface area is 218 Å². The zero-order valence-electron chi connectivity index (χ0n) is 20.4. The smallest absolute Gasteiger partial charge is 0.338 e. The van der Waals surface area contributed by atoms with E-state index in [4.69, 9.17) is 16.3 Å². The van der Waals surface area contributed by atoms with Crippen molar-refractivity contribution < 1.29 is 23.9 Å². The van der Waals surface area contributed by atoms with Crippen LogP contribution in [-0.4, -0.2) is 29.8 Å². The third-order valence-electron chi connectivity index (χ3n) is 5.50. The summed E-state index contributed by atoms with van der Waals surface area (Å²) in [6.07, 6.45) is -0.326. The summed E-state index contributed by atoms with van der Waals surface area (Å²) in [5.74, 6) is -2.34. The Bertz CT molecular complexity index is 1450. The maximum atomic E-state index is 13.2. The van der Waals surface area contributed by atoms with Gasteiger partial charge in [0.25, 0.3) is 17.7 Å². The number of carbonyl (C=O) groups excluding carboxylic acids is 4. The van der Waals surface area contributed by atoms with Crippen LogP contribution in [0.5, 0.6) is 0 Å². The molecule has 0 saturated heterocycles. The van der Waals surface area contributed by atoms with Crippen molar-refractivity contribution in [3.8, 4) is 0 Å². The fraction of sp³-hybridized carbons (Fsp3) is 0.143. The highest BCUT2D eigenvalue weighted by Gasteiger charge is 2.39. The molecule has 37 heavy (non-hydrogen) atoms. The first-order valence-corrected chi connectivity index (χ1v) is 11.9. The van der Waals surface area contributed by atoms with Crippen molar-refractivity contribution in [2.24, 2.45) is 0 Å². The molecule has 188 valence electrons. The Kier molecular flexibility index (Phi) is 7.40. The van der Waals surface area contributed by atoms with Gasteiger partial charge in [-0.05, 0) is 68.8 Å². The molecule has 4 rings (SSSR count). The summed E-state index contributed by atoms with van der Waals surface area (Å²) in [6.45, 7) is 5.33. The topological polar surface area (TPSA) is 105 Å². The van der Waals surface area contributed by atoms with Crippen molar-refractivity contribution in [3.05, 3.63) is 100 Å². The first kappa shape index (κ1) is 25.7. The Morgan fingerprint density at radius 2 is 1.59 bits per heavy atom. The van der Waals surface area contributed by atoms with Gasteiger partial charge in [-0.15, -0.1) is 0 Å². The van der Waals surface area contributed by atoms with Crippen molar-refractivity contribution in [2.75, 3.05) is 15.5 Å². The molecule has 0 aliphatic carbocycles. The SMILES string of the molecule is Cc1ccccc1NC(=O)c1cccc(NC2=C(Cl)C(=O)N(c3cccc(C(=O)OC(C)C)c3)C2=O)c1. The summed E-state index contributed by atoms with van der Waals surface area (Å²) in [7, 11) is 0. The minimum absolute atomic E-state index is 0.140. The molecule has 9 heteroatoms. The van der Waals surface area contributed by atoms with Gasteiger partial charge in [-0.2, -0.15) is 0 Å². The lowest BCUT2D eigenvalue weighted by Gasteiger charge is -2.16. The number of nitrogens with one attached hydrogen (secondary N) is 2. The standard InChI is InChI=1S/C28H24ClN3O5/c1-16(2)37-28(36)19-10-7-12-21(15-19)32-26(34)23(29)24(27(32)35)30-20-11-6-9-18(14-20)25(33)31-22-13-5-4-8-17(22)3/h4-16,30H,1-3H3,(H,31,33). The molecule has 2 N–H and O–H groups in total. The number of hydrogen-bond donors (Lipinski definition) is 2. The number of halogens is 1. The second-order valence-electron chi connectivity index (χ2n) is 8.61. The Morgan fingerprint density at radius 1 is 0.892 bits per heavy atom. The van der Waals surface area contributed by atoms with Crippen LogP contribution in [0.25, 0.3) is 0 Å². The summed E-state index contributed by atoms with van der Waals surface area (Å²) in [5.41, 5.74) is 2.56. The molecule has 0 fully saturated rings. The summed E-state index contributed by atoms with van der Waals surface area (Å²) in [6, 6.07) is 19.8. The monoisotopic (exact) mass is 517 g/mol. The number of para-hydroxylation sites is 1. The summed E-state index contributed by atoms with van der Waals surface area (Å²) in [4.78, 5) is 52.0. The predicted octanol–water partition coefficient (Wildman–Crippen LogP) is 5.25. The normalized spacial score (nSPS) is 13.3. The lowest BCUT2D eigenvalue weighted by molar-refractivity contribution is -0.120. The van der Waals surface area contributed by atoms with Crippen molar-refractivity contribution in [2.45, 2.75) is 26.9 Å². The van der Waals surface area contributed by atoms with E-state index in [0.29, 0.717) is 16.9 Å². The van der Waals surface area contributed by atoms with Crippen LogP contribution in [0.2, 0.25) is 0 Å². The number of benzene rings is 3. The fourth-order valence-corrected chi connectivity index (χ4v) is 3.90. The minimum atomic E-state index is -0.739. The van der Waals surface area contributed by atoms with Gasteiger partial charge in [-0.25, -0.2) is 9.69 Å². The Balaban J connectivity index is 1.54. The van der Waals surface area contributed by atoms with Crippen LogP contribution in [-0.2, 0) is 14.3 Å². The number of esters is 1. The average molecular weight is 518 g/mol. The van der Waals surface area contributed by atoms with Crippen molar-refractivity contribution >= 4 is 52.4 Å². The molecular weight excluding hydrogens is 494 g/mol. The van der Waals surface area contributed by atoms with Gasteiger partial charge in [-0.3, -0.25) is 14.4 Å². The maximum absolute atomic E-state index is 13.2. The average Bonchev–Trinajstić information content (AvgIpc) is 3.08. The number of amides is 3. The zero-order valence-corrected chi connectivity index (χ0v) is 21.1. The molecule has 0 bridgehead atoms. The van der Waals surface area contributed by atoms with E-state index in [1.807, 2.05) is 25.1 Å². The molecule has 0 unspecified atom stereocenters. The highest BCUT2D eigenvalue weighted by Crippen LogP contribution is 2.31.